The predicted octanol–water partition coefficient (Wildman–Crippen LogP) is 3.31. The topological polar surface area (TPSA) is 62.3 Å². The molecule has 2 heterocycles. The van der Waals surface area contributed by atoms with Gasteiger partial charge in [-0.1, -0.05) is 25.1 Å². The fraction of sp³-hybridized carbons (Fsp3) is 0.462. The smallest absolute Gasteiger partial charge is 0.254 e. The predicted molar refractivity (Wildman–Crippen MR) is 127 cm³/mol. The van der Waals surface area contributed by atoms with Crippen LogP contribution >= 0.6 is 0 Å². The van der Waals surface area contributed by atoms with Crippen LogP contribution in [0.25, 0.3) is 0 Å². The summed E-state index contributed by atoms with van der Waals surface area (Å²) < 4.78 is 25.9. The Labute approximate surface area is 200 Å². The minimum atomic E-state index is -0.777. The van der Waals surface area contributed by atoms with Crippen LogP contribution in [0.1, 0.15) is 46.8 Å². The van der Waals surface area contributed by atoms with Gasteiger partial charge >= 0.3 is 0 Å². The Morgan fingerprint density at radius 1 is 1.03 bits per heavy atom. The van der Waals surface area contributed by atoms with Crippen LogP contribution < -0.4 is 9.47 Å². The molecule has 0 bridgehead atoms. The highest BCUT2D eigenvalue weighted by atomic mass is 19.1. The first-order valence-electron chi connectivity index (χ1n) is 11.7. The maximum absolute atomic E-state index is 15.0. The molecule has 0 radical (unpaired) electrons. The third-order valence-corrected chi connectivity index (χ3v) is 6.89. The van der Waals surface area contributed by atoms with E-state index in [0.29, 0.717) is 41.3 Å². The summed E-state index contributed by atoms with van der Waals surface area (Å²) in [6.07, 6.45) is 1.06. The lowest BCUT2D eigenvalue weighted by atomic mass is 9.78. The Hall–Kier alpha value is -3.13. The molecule has 2 aliphatic heterocycles. The standard InChI is InChI=1S/C26H32FN3O4/c1-5-10-29-11-13-30(14-12-29)26(32)23-18-15-21(33-3)22(34-4)16-19(18)25(31)28(2)24(23)17-8-6-7-9-20(17)27/h6-9,15-16,23-24H,5,10-14H2,1-4H3/t23-,24+/m1/s1. The van der Waals surface area contributed by atoms with Crippen LogP contribution in [0.5, 0.6) is 11.5 Å². The molecule has 0 unspecified atom stereocenters. The number of methoxy groups -OCH3 is 2. The van der Waals surface area contributed by atoms with E-state index >= 15 is 4.39 Å². The highest BCUT2D eigenvalue weighted by Gasteiger charge is 2.46. The molecule has 2 aromatic rings. The van der Waals surface area contributed by atoms with Crippen molar-refractivity contribution < 1.29 is 23.5 Å². The molecule has 0 aliphatic carbocycles. The number of benzene rings is 2. The summed E-state index contributed by atoms with van der Waals surface area (Å²) in [5.74, 6) is -0.782. The van der Waals surface area contributed by atoms with Crippen molar-refractivity contribution in [3.63, 3.8) is 0 Å². The summed E-state index contributed by atoms with van der Waals surface area (Å²) in [5.41, 5.74) is 1.23. The average Bonchev–Trinajstić information content (AvgIpc) is 2.86. The summed E-state index contributed by atoms with van der Waals surface area (Å²) in [5, 5.41) is 0. The lowest BCUT2D eigenvalue weighted by Gasteiger charge is -2.43. The number of amides is 2. The Morgan fingerprint density at radius 2 is 1.68 bits per heavy atom. The summed E-state index contributed by atoms with van der Waals surface area (Å²) in [4.78, 5) is 33.1. The number of carbonyl (C=O) groups excluding carboxylic acids is 2. The van der Waals surface area contributed by atoms with Crippen LogP contribution in [-0.4, -0.2) is 80.5 Å². The van der Waals surface area contributed by atoms with Gasteiger partial charge in [0, 0.05) is 44.4 Å². The van der Waals surface area contributed by atoms with E-state index in [2.05, 4.69) is 11.8 Å². The number of nitrogens with zero attached hydrogens (tertiary/aromatic N) is 3. The zero-order valence-corrected chi connectivity index (χ0v) is 20.2. The second kappa shape index (κ2) is 10.0. The quantitative estimate of drug-likeness (QED) is 0.650. The molecule has 182 valence electrons. The van der Waals surface area contributed by atoms with Crippen molar-refractivity contribution in [2.24, 2.45) is 0 Å². The second-order valence-corrected chi connectivity index (χ2v) is 8.82. The number of halogens is 1. The van der Waals surface area contributed by atoms with Crippen molar-refractivity contribution in [1.29, 1.82) is 0 Å². The van der Waals surface area contributed by atoms with Gasteiger partial charge in [0.15, 0.2) is 11.5 Å². The lowest BCUT2D eigenvalue weighted by molar-refractivity contribution is -0.136. The first kappa shape index (κ1) is 24.0. The number of carbonyl (C=O) groups is 2. The molecule has 2 amide bonds. The highest BCUT2D eigenvalue weighted by molar-refractivity contribution is 6.02. The van der Waals surface area contributed by atoms with Crippen LogP contribution in [0.3, 0.4) is 0 Å². The van der Waals surface area contributed by atoms with Gasteiger partial charge in [-0.25, -0.2) is 4.39 Å². The number of ether oxygens (including phenoxy) is 2. The van der Waals surface area contributed by atoms with Gasteiger partial charge in [0.2, 0.25) is 5.91 Å². The Kier molecular flexibility index (Phi) is 7.07. The molecule has 34 heavy (non-hydrogen) atoms. The SMILES string of the molecule is CCCN1CCN(C(=O)[C@@H]2c3cc(OC)c(OC)cc3C(=O)N(C)[C@H]2c2ccccc2F)CC1. The van der Waals surface area contributed by atoms with E-state index in [1.165, 1.54) is 25.2 Å². The molecule has 2 aliphatic rings. The Bertz CT molecular complexity index is 1070. The van der Waals surface area contributed by atoms with Crippen molar-refractivity contribution in [1.82, 2.24) is 14.7 Å². The molecule has 2 atom stereocenters. The van der Waals surface area contributed by atoms with Gasteiger partial charge in [-0.15, -0.1) is 0 Å². The van der Waals surface area contributed by atoms with Gasteiger partial charge < -0.3 is 19.3 Å². The van der Waals surface area contributed by atoms with E-state index in [1.807, 2.05) is 4.90 Å². The summed E-state index contributed by atoms with van der Waals surface area (Å²) in [7, 11) is 4.64. The third kappa shape index (κ3) is 4.22. The number of rotatable bonds is 6. The molecule has 1 saturated heterocycles. The van der Waals surface area contributed by atoms with Crippen LogP contribution in [0, 0.1) is 5.82 Å². The average molecular weight is 470 g/mol. The van der Waals surface area contributed by atoms with Crippen molar-refractivity contribution in [3.05, 3.63) is 58.9 Å². The van der Waals surface area contributed by atoms with E-state index in [0.717, 1.165) is 26.1 Å². The second-order valence-electron chi connectivity index (χ2n) is 8.82. The zero-order valence-electron chi connectivity index (χ0n) is 20.2. The summed E-state index contributed by atoms with van der Waals surface area (Å²) in [6.45, 7) is 5.93. The normalized spacial score (nSPS) is 20.8. The van der Waals surface area contributed by atoms with E-state index in [1.54, 1.807) is 37.4 Å². The van der Waals surface area contributed by atoms with Gasteiger partial charge in [-0.3, -0.25) is 14.5 Å². The number of likely N-dealkylation sites (N-methyl/N-ethyl adjacent to an activating group) is 1. The number of piperazine rings is 1. The number of hydrogen-bond acceptors (Lipinski definition) is 5. The molecule has 2 aromatic carbocycles. The molecule has 1 fully saturated rings. The minimum absolute atomic E-state index is 0.114. The molecule has 4 rings (SSSR count). The van der Waals surface area contributed by atoms with Crippen LogP contribution in [0.15, 0.2) is 36.4 Å². The molecular formula is C26H32FN3O4. The van der Waals surface area contributed by atoms with Crippen molar-refractivity contribution in [2.45, 2.75) is 25.3 Å². The third-order valence-electron chi connectivity index (χ3n) is 6.89. The maximum atomic E-state index is 15.0. The van der Waals surface area contributed by atoms with Crippen molar-refractivity contribution >= 4 is 11.8 Å². The van der Waals surface area contributed by atoms with Crippen molar-refractivity contribution in [3.8, 4) is 11.5 Å². The highest BCUT2D eigenvalue weighted by Crippen LogP contribution is 2.46. The minimum Gasteiger partial charge on any atom is -0.493 e. The van der Waals surface area contributed by atoms with E-state index in [4.69, 9.17) is 9.47 Å². The van der Waals surface area contributed by atoms with Gasteiger partial charge in [0.05, 0.1) is 26.2 Å². The lowest BCUT2D eigenvalue weighted by Crippen LogP contribution is -2.53. The van der Waals surface area contributed by atoms with Gasteiger partial charge in [-0.2, -0.15) is 0 Å². The van der Waals surface area contributed by atoms with Gasteiger partial charge in [0.1, 0.15) is 5.82 Å². The molecule has 0 N–H and O–H groups in total. The number of fused-ring (bicyclic) bond motifs is 1. The van der Waals surface area contributed by atoms with Crippen LogP contribution in [0.2, 0.25) is 0 Å². The fourth-order valence-corrected chi connectivity index (χ4v) is 5.12. The molecule has 0 spiro atoms. The van der Waals surface area contributed by atoms with Crippen LogP contribution in [0.4, 0.5) is 4.39 Å². The van der Waals surface area contributed by atoms with E-state index in [9.17, 15) is 9.59 Å². The Morgan fingerprint density at radius 3 is 2.29 bits per heavy atom. The largest absolute Gasteiger partial charge is 0.493 e. The van der Waals surface area contributed by atoms with Crippen molar-refractivity contribution in [2.75, 3.05) is 54.0 Å². The molecular weight excluding hydrogens is 437 g/mol. The zero-order chi connectivity index (χ0) is 24.4. The fourth-order valence-electron chi connectivity index (χ4n) is 5.12. The summed E-state index contributed by atoms with van der Waals surface area (Å²) in [6, 6.07) is 8.88. The van der Waals surface area contributed by atoms with E-state index < -0.39 is 17.8 Å². The van der Waals surface area contributed by atoms with Gasteiger partial charge in [0.25, 0.3) is 5.91 Å². The monoisotopic (exact) mass is 469 g/mol. The molecule has 7 nitrogen and oxygen atoms in total. The van der Waals surface area contributed by atoms with E-state index in [-0.39, 0.29) is 11.8 Å². The maximum Gasteiger partial charge on any atom is 0.254 e. The molecule has 0 saturated carbocycles. The molecule has 0 aromatic heterocycles. The first-order valence-corrected chi connectivity index (χ1v) is 11.7. The summed E-state index contributed by atoms with van der Waals surface area (Å²) >= 11 is 0. The van der Waals surface area contributed by atoms with Crippen LogP contribution in [-0.2, 0) is 4.79 Å². The number of hydrogen-bond donors (Lipinski definition) is 0. The Balaban J connectivity index is 1.82. The molecule has 8 heteroatoms. The van der Waals surface area contributed by atoms with Gasteiger partial charge in [-0.05, 0) is 36.7 Å². The first-order chi connectivity index (χ1) is 16.4.